The average molecular weight is 561 g/mol. The van der Waals surface area contributed by atoms with Crippen molar-refractivity contribution < 1.29 is 27.6 Å². The summed E-state index contributed by atoms with van der Waals surface area (Å²) in [5, 5.41) is 14.9. The summed E-state index contributed by atoms with van der Waals surface area (Å²) in [4.78, 5) is 30.0. The number of oxime groups is 2. The van der Waals surface area contributed by atoms with E-state index < -0.39 is 11.9 Å². The van der Waals surface area contributed by atoms with Gasteiger partial charge < -0.3 is 14.6 Å². The van der Waals surface area contributed by atoms with Crippen molar-refractivity contribution in [3.63, 3.8) is 0 Å². The summed E-state index contributed by atoms with van der Waals surface area (Å²) in [5.74, 6) is -0.0617. The number of halogens is 3. The Bertz CT molecular complexity index is 1380. The van der Waals surface area contributed by atoms with Crippen molar-refractivity contribution in [1.29, 1.82) is 0 Å². The predicted molar refractivity (Wildman–Crippen MR) is 139 cm³/mol. The van der Waals surface area contributed by atoms with Gasteiger partial charge in [-0.2, -0.15) is 18.3 Å². The van der Waals surface area contributed by atoms with Crippen LogP contribution in [0.25, 0.3) is 0 Å². The Labute approximate surface area is 226 Å². The summed E-state index contributed by atoms with van der Waals surface area (Å²) >= 11 is 1.55. The molecule has 13 heteroatoms. The number of piperidine rings is 1. The lowest BCUT2D eigenvalue weighted by Gasteiger charge is -2.31. The van der Waals surface area contributed by atoms with Crippen LogP contribution in [0.2, 0.25) is 0 Å². The van der Waals surface area contributed by atoms with E-state index in [-0.39, 0.29) is 24.5 Å². The number of rotatable bonds is 7. The van der Waals surface area contributed by atoms with Crippen molar-refractivity contribution in [3.8, 4) is 0 Å². The number of carbonyl (C=O) groups excluding carboxylic acids is 1. The van der Waals surface area contributed by atoms with Crippen LogP contribution in [0.4, 0.5) is 13.2 Å². The van der Waals surface area contributed by atoms with Gasteiger partial charge in [0.2, 0.25) is 5.91 Å². The zero-order chi connectivity index (χ0) is 27.6. The number of aromatic nitrogens is 3. The Morgan fingerprint density at radius 3 is 2.64 bits per heavy atom. The number of likely N-dealkylation sites (tertiary alicyclic amines) is 1. The summed E-state index contributed by atoms with van der Waals surface area (Å²) in [6.07, 6.45) is -2.98. The van der Waals surface area contributed by atoms with Gasteiger partial charge >= 0.3 is 6.18 Å². The van der Waals surface area contributed by atoms with Crippen LogP contribution in [0.15, 0.2) is 52.1 Å². The summed E-state index contributed by atoms with van der Waals surface area (Å²) < 4.78 is 39.9. The minimum Gasteiger partial charge on any atom is -0.399 e. The maximum absolute atomic E-state index is 12.9. The molecule has 2 aromatic heterocycles. The van der Waals surface area contributed by atoms with Gasteiger partial charge in [0.15, 0.2) is 11.8 Å². The van der Waals surface area contributed by atoms with Crippen LogP contribution >= 0.6 is 11.3 Å². The van der Waals surface area contributed by atoms with E-state index in [1.165, 1.54) is 14.0 Å². The molecule has 1 atom stereocenters. The Balaban J connectivity index is 1.16. The molecule has 0 bridgehead atoms. The highest BCUT2D eigenvalue weighted by Gasteiger charge is 2.35. The Morgan fingerprint density at radius 2 is 1.97 bits per heavy atom. The molecule has 3 aromatic rings. The molecule has 1 saturated heterocycles. The fourth-order valence-electron chi connectivity index (χ4n) is 4.70. The first-order chi connectivity index (χ1) is 18.7. The second-order valence-electron chi connectivity index (χ2n) is 9.41. The summed E-state index contributed by atoms with van der Waals surface area (Å²) in [6.45, 7) is 2.30. The van der Waals surface area contributed by atoms with Crippen LogP contribution in [0.5, 0.6) is 0 Å². The van der Waals surface area contributed by atoms with Crippen LogP contribution in [-0.4, -0.2) is 63.3 Å². The number of aryl methyl sites for hydroxylation is 1. The van der Waals surface area contributed by atoms with Gasteiger partial charge in [-0.05, 0) is 25.8 Å². The smallest absolute Gasteiger partial charge is 0.399 e. The zero-order valence-corrected chi connectivity index (χ0v) is 22.2. The molecule has 206 valence electrons. The molecule has 0 spiro atoms. The first-order valence-electron chi connectivity index (χ1n) is 12.5. The number of nitrogens with zero attached hydrogens (tertiary/aromatic N) is 6. The number of amides is 1. The molecule has 2 aliphatic rings. The Hall–Kier alpha value is -3.74. The maximum Gasteiger partial charge on any atom is 0.435 e. The monoisotopic (exact) mass is 560 g/mol. The van der Waals surface area contributed by atoms with Crippen molar-refractivity contribution in [2.75, 3.05) is 20.2 Å². The van der Waals surface area contributed by atoms with Crippen molar-refractivity contribution in [1.82, 2.24) is 19.7 Å². The van der Waals surface area contributed by atoms with Gasteiger partial charge in [0.05, 0.1) is 10.7 Å². The van der Waals surface area contributed by atoms with Crippen LogP contribution in [0, 0.1) is 6.92 Å². The molecule has 2 aliphatic heterocycles. The van der Waals surface area contributed by atoms with Crippen LogP contribution in [0.1, 0.15) is 52.8 Å². The number of hydrogen-bond acceptors (Lipinski definition) is 8. The zero-order valence-electron chi connectivity index (χ0n) is 21.4. The summed E-state index contributed by atoms with van der Waals surface area (Å²) in [7, 11) is 1.49. The highest BCUT2D eigenvalue weighted by molar-refractivity contribution is 7.10. The molecule has 0 aliphatic carbocycles. The largest absolute Gasteiger partial charge is 0.435 e. The molecule has 39 heavy (non-hydrogen) atoms. The lowest BCUT2D eigenvalue weighted by molar-refractivity contribution is -0.142. The Kier molecular flexibility index (Phi) is 7.69. The molecule has 1 fully saturated rings. The number of hydrogen-bond donors (Lipinski definition) is 0. The van der Waals surface area contributed by atoms with Gasteiger partial charge in [-0.25, -0.2) is 4.98 Å². The molecule has 0 saturated carbocycles. The van der Waals surface area contributed by atoms with E-state index in [1.54, 1.807) is 16.2 Å². The van der Waals surface area contributed by atoms with Gasteiger partial charge in [0, 0.05) is 42.1 Å². The number of carbonyl (C=O) groups is 1. The molecular weight excluding hydrogens is 533 g/mol. The fourth-order valence-corrected chi connectivity index (χ4v) is 5.70. The first kappa shape index (κ1) is 26.9. The number of benzene rings is 1. The van der Waals surface area contributed by atoms with Gasteiger partial charge in [0.1, 0.15) is 25.1 Å². The molecule has 1 amide bonds. The fraction of sp³-hybridized carbons (Fsp3) is 0.423. The molecule has 1 aromatic carbocycles. The van der Waals surface area contributed by atoms with Crippen LogP contribution in [-0.2, 0) is 27.2 Å². The quantitative estimate of drug-likeness (QED) is 0.311. The minimum absolute atomic E-state index is 0.185. The average Bonchev–Trinajstić information content (AvgIpc) is 3.68. The van der Waals surface area contributed by atoms with Gasteiger partial charge in [-0.3, -0.25) is 9.48 Å². The standard InChI is InChI=1S/C26H27F3N6O3S/c1-16-12-22(26(27,28)29)31-35(16)14-23(36)34-10-8-18(9-11-34)25-30-20(15-39-25)19-13-21(38-32-19)24(33-37-2)17-6-4-3-5-7-17/h3-7,12,15,18,21H,8-11,13-14H2,1-2H3/b33-24+. The SMILES string of the molecule is CO/N=C(\c1ccccc1)C1CC(c2csc(C3CCN(C(=O)Cn4nc(C(F)(F)F)cc4C)CC3)n2)=NO1. The molecule has 4 heterocycles. The molecule has 9 nitrogen and oxygen atoms in total. The van der Waals surface area contributed by atoms with Crippen molar-refractivity contribution in [2.45, 2.75) is 50.9 Å². The number of thiazole rings is 1. The van der Waals surface area contributed by atoms with E-state index in [1.807, 2.05) is 35.7 Å². The van der Waals surface area contributed by atoms with Crippen LogP contribution in [0.3, 0.4) is 0 Å². The van der Waals surface area contributed by atoms with E-state index in [9.17, 15) is 18.0 Å². The van der Waals surface area contributed by atoms with E-state index in [0.29, 0.717) is 30.9 Å². The normalized spacial score (nSPS) is 18.7. The second kappa shape index (κ2) is 11.2. The van der Waals surface area contributed by atoms with Crippen molar-refractivity contribution in [3.05, 3.63) is 69.4 Å². The maximum atomic E-state index is 12.9. The molecular formula is C26H27F3N6O3S. The lowest BCUT2D eigenvalue weighted by atomic mass is 9.97. The van der Waals surface area contributed by atoms with Crippen molar-refractivity contribution >= 4 is 28.7 Å². The topological polar surface area (TPSA) is 94.2 Å². The Morgan fingerprint density at radius 1 is 1.23 bits per heavy atom. The van der Waals surface area contributed by atoms with E-state index >= 15 is 0 Å². The van der Waals surface area contributed by atoms with E-state index in [4.69, 9.17) is 14.7 Å². The highest BCUT2D eigenvalue weighted by Crippen LogP contribution is 2.32. The van der Waals surface area contributed by atoms with Gasteiger partial charge in [0.25, 0.3) is 0 Å². The molecule has 0 N–H and O–H groups in total. The van der Waals surface area contributed by atoms with E-state index in [2.05, 4.69) is 15.4 Å². The highest BCUT2D eigenvalue weighted by atomic mass is 32.1. The molecule has 5 rings (SSSR count). The van der Waals surface area contributed by atoms with Gasteiger partial charge in [-0.15, -0.1) is 11.3 Å². The molecule has 0 radical (unpaired) electrons. The van der Waals surface area contributed by atoms with Crippen molar-refractivity contribution in [2.24, 2.45) is 10.3 Å². The third-order valence-electron chi connectivity index (χ3n) is 6.80. The molecule has 1 unspecified atom stereocenters. The van der Waals surface area contributed by atoms with E-state index in [0.717, 1.165) is 45.6 Å². The summed E-state index contributed by atoms with van der Waals surface area (Å²) in [5.41, 5.74) is 2.36. The second-order valence-corrected chi connectivity index (χ2v) is 10.3. The third kappa shape index (κ3) is 5.97. The minimum atomic E-state index is -4.54. The lowest BCUT2D eigenvalue weighted by Crippen LogP contribution is -2.40. The third-order valence-corrected chi connectivity index (χ3v) is 7.81. The van der Waals surface area contributed by atoms with Gasteiger partial charge in [-0.1, -0.05) is 40.6 Å². The first-order valence-corrected chi connectivity index (χ1v) is 13.3. The summed E-state index contributed by atoms with van der Waals surface area (Å²) in [6, 6.07) is 10.6. The number of alkyl halides is 3. The van der Waals surface area contributed by atoms with Crippen LogP contribution < -0.4 is 0 Å². The predicted octanol–water partition coefficient (Wildman–Crippen LogP) is 4.62.